The summed E-state index contributed by atoms with van der Waals surface area (Å²) in [5.41, 5.74) is 5.07. The summed E-state index contributed by atoms with van der Waals surface area (Å²) in [6, 6.07) is 17.0. The van der Waals surface area contributed by atoms with E-state index in [0.717, 1.165) is 22.4 Å². The fraction of sp³-hybridized carbons (Fsp3) is 0.158. The SMILES string of the molecule is Cc1ccc(-c2ccc(=O)n(Cc3ccc(Cl)cc3)n2)c(C)c1. The van der Waals surface area contributed by atoms with Crippen LogP contribution in [-0.4, -0.2) is 9.78 Å². The largest absolute Gasteiger partial charge is 0.268 e. The molecule has 0 fully saturated rings. The molecule has 0 radical (unpaired) electrons. The van der Waals surface area contributed by atoms with Crippen LogP contribution in [0.5, 0.6) is 0 Å². The number of aromatic nitrogens is 2. The van der Waals surface area contributed by atoms with Gasteiger partial charge in [0, 0.05) is 16.7 Å². The zero-order valence-electron chi connectivity index (χ0n) is 13.1. The second-order valence-electron chi connectivity index (χ2n) is 5.66. The van der Waals surface area contributed by atoms with Crippen molar-refractivity contribution in [1.82, 2.24) is 9.78 Å². The van der Waals surface area contributed by atoms with E-state index in [1.165, 1.54) is 10.2 Å². The Hall–Kier alpha value is -2.39. The zero-order chi connectivity index (χ0) is 16.4. The first-order chi connectivity index (χ1) is 11.0. The van der Waals surface area contributed by atoms with Crippen LogP contribution in [0.4, 0.5) is 0 Å². The molecule has 2 aromatic carbocycles. The number of hydrogen-bond acceptors (Lipinski definition) is 2. The highest BCUT2D eigenvalue weighted by Gasteiger charge is 2.07. The van der Waals surface area contributed by atoms with Crippen molar-refractivity contribution in [2.75, 3.05) is 0 Å². The van der Waals surface area contributed by atoms with Crippen molar-refractivity contribution < 1.29 is 0 Å². The van der Waals surface area contributed by atoms with E-state index in [2.05, 4.69) is 31.1 Å². The van der Waals surface area contributed by atoms with E-state index in [-0.39, 0.29) is 5.56 Å². The molecule has 1 heterocycles. The molecule has 0 saturated heterocycles. The van der Waals surface area contributed by atoms with Crippen LogP contribution >= 0.6 is 11.6 Å². The molecule has 3 aromatic rings. The van der Waals surface area contributed by atoms with Crippen molar-refractivity contribution in [3.05, 3.63) is 86.7 Å². The Morgan fingerprint density at radius 3 is 2.43 bits per heavy atom. The van der Waals surface area contributed by atoms with Crippen LogP contribution in [0.15, 0.2) is 59.4 Å². The second kappa shape index (κ2) is 6.39. The summed E-state index contributed by atoms with van der Waals surface area (Å²) in [6.07, 6.45) is 0. The van der Waals surface area contributed by atoms with Gasteiger partial charge in [-0.2, -0.15) is 5.10 Å². The van der Waals surface area contributed by atoms with Crippen LogP contribution in [0.25, 0.3) is 11.3 Å². The highest BCUT2D eigenvalue weighted by Crippen LogP contribution is 2.21. The van der Waals surface area contributed by atoms with Gasteiger partial charge in [0.25, 0.3) is 5.56 Å². The maximum atomic E-state index is 12.1. The quantitative estimate of drug-likeness (QED) is 0.722. The molecule has 0 spiro atoms. The third-order valence-corrected chi connectivity index (χ3v) is 4.02. The monoisotopic (exact) mass is 324 g/mol. The summed E-state index contributed by atoms with van der Waals surface area (Å²) in [5.74, 6) is 0. The minimum absolute atomic E-state index is 0.117. The Labute approximate surface area is 140 Å². The van der Waals surface area contributed by atoms with Crippen LogP contribution in [0.2, 0.25) is 5.02 Å². The number of benzene rings is 2. The molecule has 0 bridgehead atoms. The fourth-order valence-corrected chi connectivity index (χ4v) is 2.70. The molecule has 23 heavy (non-hydrogen) atoms. The van der Waals surface area contributed by atoms with Gasteiger partial charge < -0.3 is 0 Å². The number of rotatable bonds is 3. The van der Waals surface area contributed by atoms with E-state index in [1.807, 2.05) is 30.3 Å². The normalized spacial score (nSPS) is 10.7. The third kappa shape index (κ3) is 3.51. The number of aryl methyl sites for hydroxylation is 2. The molecule has 0 aliphatic rings. The second-order valence-corrected chi connectivity index (χ2v) is 6.10. The Bertz CT molecular complexity index is 898. The van der Waals surface area contributed by atoms with Gasteiger partial charge in [-0.1, -0.05) is 47.5 Å². The van der Waals surface area contributed by atoms with Gasteiger partial charge in [-0.15, -0.1) is 0 Å². The molecular formula is C19H17ClN2O. The van der Waals surface area contributed by atoms with Crippen molar-refractivity contribution >= 4 is 11.6 Å². The molecule has 3 nitrogen and oxygen atoms in total. The summed E-state index contributed by atoms with van der Waals surface area (Å²) in [6.45, 7) is 4.54. The fourth-order valence-electron chi connectivity index (χ4n) is 2.57. The van der Waals surface area contributed by atoms with E-state index in [9.17, 15) is 4.79 Å². The van der Waals surface area contributed by atoms with Gasteiger partial charge >= 0.3 is 0 Å². The molecule has 0 saturated carbocycles. The predicted octanol–water partition coefficient (Wildman–Crippen LogP) is 4.23. The van der Waals surface area contributed by atoms with E-state index < -0.39 is 0 Å². The first-order valence-corrected chi connectivity index (χ1v) is 7.81. The zero-order valence-corrected chi connectivity index (χ0v) is 13.8. The van der Waals surface area contributed by atoms with Gasteiger partial charge in [-0.25, -0.2) is 4.68 Å². The van der Waals surface area contributed by atoms with Gasteiger partial charge in [0.05, 0.1) is 12.2 Å². The molecule has 0 N–H and O–H groups in total. The smallest absolute Gasteiger partial charge is 0.267 e. The van der Waals surface area contributed by atoms with Gasteiger partial charge in [0.15, 0.2) is 0 Å². The molecular weight excluding hydrogens is 308 g/mol. The maximum Gasteiger partial charge on any atom is 0.267 e. The van der Waals surface area contributed by atoms with Gasteiger partial charge in [0.1, 0.15) is 0 Å². The maximum absolute atomic E-state index is 12.1. The van der Waals surface area contributed by atoms with Crippen LogP contribution in [0, 0.1) is 13.8 Å². The lowest BCUT2D eigenvalue weighted by Gasteiger charge is -2.10. The summed E-state index contributed by atoms with van der Waals surface area (Å²) in [4.78, 5) is 12.1. The van der Waals surface area contributed by atoms with E-state index in [4.69, 9.17) is 11.6 Å². The van der Waals surface area contributed by atoms with Crippen molar-refractivity contribution in [2.45, 2.75) is 20.4 Å². The lowest BCUT2D eigenvalue weighted by Crippen LogP contribution is -2.22. The van der Waals surface area contributed by atoms with Gasteiger partial charge in [0.2, 0.25) is 0 Å². The average Bonchev–Trinajstić information content (AvgIpc) is 2.52. The molecule has 0 atom stereocenters. The van der Waals surface area contributed by atoms with Gasteiger partial charge in [-0.05, 0) is 43.2 Å². The molecule has 1 aromatic heterocycles. The summed E-state index contributed by atoms with van der Waals surface area (Å²) < 4.78 is 1.48. The molecule has 3 rings (SSSR count). The standard InChI is InChI=1S/C19H17ClN2O/c1-13-3-8-17(14(2)11-13)18-9-10-19(23)22(21-18)12-15-4-6-16(20)7-5-15/h3-11H,12H2,1-2H3. The molecule has 0 unspecified atom stereocenters. The number of nitrogens with zero attached hydrogens (tertiary/aromatic N) is 2. The molecule has 4 heteroatoms. The minimum atomic E-state index is -0.117. The Morgan fingerprint density at radius 1 is 1.00 bits per heavy atom. The Morgan fingerprint density at radius 2 is 1.74 bits per heavy atom. The highest BCUT2D eigenvalue weighted by atomic mass is 35.5. The first kappa shape index (κ1) is 15.5. The molecule has 0 aliphatic heterocycles. The third-order valence-electron chi connectivity index (χ3n) is 3.77. The minimum Gasteiger partial charge on any atom is -0.268 e. The Balaban J connectivity index is 1.99. The van der Waals surface area contributed by atoms with Crippen molar-refractivity contribution in [1.29, 1.82) is 0 Å². The predicted molar refractivity (Wildman–Crippen MR) is 94.0 cm³/mol. The molecule has 0 amide bonds. The first-order valence-electron chi connectivity index (χ1n) is 7.43. The van der Waals surface area contributed by atoms with Crippen LogP contribution < -0.4 is 5.56 Å². The van der Waals surface area contributed by atoms with Crippen molar-refractivity contribution in [2.24, 2.45) is 0 Å². The van der Waals surface area contributed by atoms with E-state index in [0.29, 0.717) is 11.6 Å². The lowest BCUT2D eigenvalue weighted by molar-refractivity contribution is 0.642. The number of hydrogen-bond donors (Lipinski definition) is 0. The summed E-state index contributed by atoms with van der Waals surface area (Å²) in [7, 11) is 0. The van der Waals surface area contributed by atoms with Crippen molar-refractivity contribution in [3.63, 3.8) is 0 Å². The van der Waals surface area contributed by atoms with Crippen LogP contribution in [0.1, 0.15) is 16.7 Å². The summed E-state index contributed by atoms with van der Waals surface area (Å²) >= 11 is 5.90. The van der Waals surface area contributed by atoms with Crippen LogP contribution in [0.3, 0.4) is 0 Å². The topological polar surface area (TPSA) is 34.9 Å². The van der Waals surface area contributed by atoms with Gasteiger partial charge in [-0.3, -0.25) is 4.79 Å². The van der Waals surface area contributed by atoms with E-state index >= 15 is 0 Å². The molecule has 0 aliphatic carbocycles. The van der Waals surface area contributed by atoms with Crippen LogP contribution in [-0.2, 0) is 6.54 Å². The highest BCUT2D eigenvalue weighted by molar-refractivity contribution is 6.30. The van der Waals surface area contributed by atoms with Crippen molar-refractivity contribution in [3.8, 4) is 11.3 Å². The number of halogens is 1. The van der Waals surface area contributed by atoms with E-state index in [1.54, 1.807) is 12.1 Å². The summed E-state index contributed by atoms with van der Waals surface area (Å²) in [5, 5.41) is 5.20. The lowest BCUT2D eigenvalue weighted by atomic mass is 10.0. The Kier molecular flexibility index (Phi) is 4.30. The molecule has 116 valence electrons. The average molecular weight is 325 g/mol.